The summed E-state index contributed by atoms with van der Waals surface area (Å²) in [6, 6.07) is 13.6. The minimum Gasteiger partial charge on any atom is -0.488 e. The number of hydrogen-bond acceptors (Lipinski definition) is 6. The average Bonchev–Trinajstić information content (AvgIpc) is 3.35. The van der Waals surface area contributed by atoms with Crippen LogP contribution in [0.25, 0.3) is 5.69 Å². The lowest BCUT2D eigenvalue weighted by Crippen LogP contribution is -1.98. The molecule has 0 bridgehead atoms. The molecule has 0 amide bonds. The predicted octanol–water partition coefficient (Wildman–Crippen LogP) is 6.33. The van der Waals surface area contributed by atoms with Gasteiger partial charge >= 0.3 is 0 Å². The Bertz CT molecular complexity index is 1320. The van der Waals surface area contributed by atoms with Gasteiger partial charge in [0, 0.05) is 36.3 Å². The standard InChI is InChI=1S/C25H23FN4O2S/c1-15(2)23-13-30(24(11-27)25(23)28)18-4-6-19(7-5-18)32-21-9-17(26)8-20(10-21)31-14-22-12-29-16(3)33-22/h4-10,12-13,15H,14,28H2,1-3H3. The largest absolute Gasteiger partial charge is 0.488 e. The van der Waals surface area contributed by atoms with Gasteiger partial charge in [0.1, 0.15) is 41.4 Å². The number of hydrogen-bond donors (Lipinski definition) is 1. The zero-order chi connectivity index (χ0) is 23.5. The van der Waals surface area contributed by atoms with Gasteiger partial charge in [0.15, 0.2) is 0 Å². The Balaban J connectivity index is 1.51. The molecule has 0 fully saturated rings. The Morgan fingerprint density at radius 3 is 2.52 bits per heavy atom. The van der Waals surface area contributed by atoms with Gasteiger partial charge in [-0.1, -0.05) is 13.8 Å². The highest BCUT2D eigenvalue weighted by Crippen LogP contribution is 2.31. The number of nitriles is 1. The van der Waals surface area contributed by atoms with Crippen molar-refractivity contribution < 1.29 is 13.9 Å². The monoisotopic (exact) mass is 462 g/mol. The van der Waals surface area contributed by atoms with Crippen LogP contribution >= 0.6 is 11.3 Å². The van der Waals surface area contributed by atoms with Crippen LogP contribution < -0.4 is 15.2 Å². The van der Waals surface area contributed by atoms with Crippen molar-refractivity contribution in [2.75, 3.05) is 5.73 Å². The zero-order valence-corrected chi connectivity index (χ0v) is 19.3. The van der Waals surface area contributed by atoms with Crippen LogP contribution in [0, 0.1) is 24.1 Å². The molecule has 0 spiro atoms. The molecular weight excluding hydrogens is 439 g/mol. The van der Waals surface area contributed by atoms with Crippen molar-refractivity contribution in [3.63, 3.8) is 0 Å². The topological polar surface area (TPSA) is 86.1 Å². The number of anilines is 1. The van der Waals surface area contributed by atoms with Gasteiger partial charge in [-0.05, 0) is 42.7 Å². The summed E-state index contributed by atoms with van der Waals surface area (Å²) in [5.74, 6) is 0.961. The van der Waals surface area contributed by atoms with E-state index in [1.165, 1.54) is 23.5 Å². The Hall–Kier alpha value is -3.83. The average molecular weight is 463 g/mol. The number of ether oxygens (including phenoxy) is 2. The number of aromatic nitrogens is 2. The van der Waals surface area contributed by atoms with Crippen LogP contribution in [-0.4, -0.2) is 9.55 Å². The van der Waals surface area contributed by atoms with E-state index in [-0.39, 0.29) is 5.92 Å². The van der Waals surface area contributed by atoms with Crippen LogP contribution in [0.4, 0.5) is 10.1 Å². The van der Waals surface area contributed by atoms with E-state index in [1.54, 1.807) is 29.0 Å². The van der Waals surface area contributed by atoms with E-state index in [9.17, 15) is 9.65 Å². The highest BCUT2D eigenvalue weighted by molar-refractivity contribution is 7.11. The molecule has 2 aromatic heterocycles. The van der Waals surface area contributed by atoms with Crippen LogP contribution in [0.5, 0.6) is 17.2 Å². The number of nitrogens with two attached hydrogens (primary N) is 1. The molecule has 2 N–H and O–H groups in total. The Morgan fingerprint density at radius 2 is 1.88 bits per heavy atom. The molecule has 0 aliphatic heterocycles. The molecule has 6 nitrogen and oxygen atoms in total. The van der Waals surface area contributed by atoms with Crippen molar-refractivity contribution in [1.29, 1.82) is 5.26 Å². The van der Waals surface area contributed by atoms with E-state index < -0.39 is 5.82 Å². The molecule has 0 aliphatic rings. The summed E-state index contributed by atoms with van der Waals surface area (Å²) in [7, 11) is 0. The summed E-state index contributed by atoms with van der Waals surface area (Å²) in [5, 5.41) is 10.5. The van der Waals surface area contributed by atoms with E-state index >= 15 is 0 Å². The molecule has 4 rings (SSSR count). The third-order valence-electron chi connectivity index (χ3n) is 5.05. The van der Waals surface area contributed by atoms with Crippen molar-refractivity contribution in [3.05, 3.63) is 81.8 Å². The van der Waals surface area contributed by atoms with Crippen LogP contribution in [0.15, 0.2) is 54.9 Å². The minimum absolute atomic E-state index is 0.199. The molecule has 2 aromatic carbocycles. The van der Waals surface area contributed by atoms with Gasteiger partial charge in [-0.15, -0.1) is 11.3 Å². The Morgan fingerprint density at radius 1 is 1.15 bits per heavy atom. The van der Waals surface area contributed by atoms with Crippen molar-refractivity contribution in [2.24, 2.45) is 0 Å². The first-order valence-electron chi connectivity index (χ1n) is 10.4. The van der Waals surface area contributed by atoms with Crippen LogP contribution in [0.3, 0.4) is 0 Å². The first kappa shape index (κ1) is 22.4. The third kappa shape index (κ3) is 4.99. The molecular formula is C25H23FN4O2S. The van der Waals surface area contributed by atoms with E-state index in [4.69, 9.17) is 15.2 Å². The SMILES string of the molecule is Cc1ncc(COc2cc(F)cc(Oc3ccc(-n4cc(C(C)C)c(N)c4C#N)cc3)c2)s1. The molecule has 0 saturated carbocycles. The first-order chi connectivity index (χ1) is 15.8. The van der Waals surface area contributed by atoms with E-state index in [0.29, 0.717) is 35.2 Å². The summed E-state index contributed by atoms with van der Waals surface area (Å²) in [6.07, 6.45) is 3.63. The van der Waals surface area contributed by atoms with Crippen molar-refractivity contribution >= 4 is 17.0 Å². The predicted molar refractivity (Wildman–Crippen MR) is 127 cm³/mol. The minimum atomic E-state index is -0.456. The quantitative estimate of drug-likeness (QED) is 0.347. The number of halogens is 1. The number of nitrogens with zero attached hydrogens (tertiary/aromatic N) is 3. The molecule has 0 unspecified atom stereocenters. The second-order valence-corrected chi connectivity index (χ2v) is 9.16. The van der Waals surface area contributed by atoms with Crippen LogP contribution in [0.1, 0.15) is 40.9 Å². The fourth-order valence-corrected chi connectivity index (χ4v) is 4.14. The number of thiazole rings is 1. The van der Waals surface area contributed by atoms with Gasteiger partial charge < -0.3 is 19.8 Å². The number of rotatable bonds is 7. The zero-order valence-electron chi connectivity index (χ0n) is 18.5. The summed E-state index contributed by atoms with van der Waals surface area (Å²) in [4.78, 5) is 5.14. The highest BCUT2D eigenvalue weighted by Gasteiger charge is 2.16. The second kappa shape index (κ2) is 9.35. The number of nitrogen functional groups attached to an aromatic ring is 1. The summed E-state index contributed by atoms with van der Waals surface area (Å²) in [5.41, 5.74) is 8.75. The fourth-order valence-electron chi connectivity index (χ4n) is 3.43. The van der Waals surface area contributed by atoms with Crippen molar-refractivity contribution in [1.82, 2.24) is 9.55 Å². The van der Waals surface area contributed by atoms with Crippen LogP contribution in [0.2, 0.25) is 0 Å². The summed E-state index contributed by atoms with van der Waals surface area (Å²) in [6.45, 7) is 6.29. The van der Waals surface area contributed by atoms with E-state index in [0.717, 1.165) is 21.1 Å². The van der Waals surface area contributed by atoms with Gasteiger partial charge in [0.05, 0.1) is 15.6 Å². The maximum atomic E-state index is 14.1. The number of aryl methyl sites for hydroxylation is 1. The fraction of sp³-hybridized carbons (Fsp3) is 0.200. The third-order valence-corrected chi connectivity index (χ3v) is 5.94. The van der Waals surface area contributed by atoms with Gasteiger partial charge in [-0.25, -0.2) is 9.37 Å². The Kier molecular flexibility index (Phi) is 6.33. The molecule has 0 atom stereocenters. The van der Waals surface area contributed by atoms with Crippen molar-refractivity contribution in [3.8, 4) is 29.0 Å². The maximum Gasteiger partial charge on any atom is 0.148 e. The van der Waals surface area contributed by atoms with Gasteiger partial charge in [0.25, 0.3) is 0 Å². The molecule has 8 heteroatoms. The first-order valence-corrected chi connectivity index (χ1v) is 11.2. The molecule has 4 aromatic rings. The van der Waals surface area contributed by atoms with E-state index in [2.05, 4.69) is 11.1 Å². The van der Waals surface area contributed by atoms with Crippen LogP contribution in [-0.2, 0) is 6.61 Å². The van der Waals surface area contributed by atoms with Gasteiger partial charge in [-0.3, -0.25) is 0 Å². The lowest BCUT2D eigenvalue weighted by Gasteiger charge is -2.11. The normalized spacial score (nSPS) is 10.9. The molecule has 0 radical (unpaired) electrons. The molecule has 0 saturated heterocycles. The van der Waals surface area contributed by atoms with Gasteiger partial charge in [-0.2, -0.15) is 5.26 Å². The second-order valence-electron chi connectivity index (χ2n) is 7.84. The van der Waals surface area contributed by atoms with E-state index in [1.807, 2.05) is 39.1 Å². The Labute approximate surface area is 195 Å². The molecule has 0 aliphatic carbocycles. The summed E-state index contributed by atoms with van der Waals surface area (Å²) >= 11 is 1.53. The molecule has 168 valence electrons. The number of benzene rings is 2. The maximum absolute atomic E-state index is 14.1. The summed E-state index contributed by atoms with van der Waals surface area (Å²) < 4.78 is 27.4. The van der Waals surface area contributed by atoms with Gasteiger partial charge in [0.2, 0.25) is 0 Å². The smallest absolute Gasteiger partial charge is 0.148 e. The molecule has 2 heterocycles. The highest BCUT2D eigenvalue weighted by atomic mass is 32.1. The lowest BCUT2D eigenvalue weighted by molar-refractivity contribution is 0.306. The molecule has 33 heavy (non-hydrogen) atoms. The lowest BCUT2D eigenvalue weighted by atomic mass is 10.1. The van der Waals surface area contributed by atoms with Crippen molar-refractivity contribution in [2.45, 2.75) is 33.3 Å².